The molecule has 26 heavy (non-hydrogen) atoms. The van der Waals surface area contributed by atoms with Crippen LogP contribution in [0, 0.1) is 6.92 Å². The molecule has 4 nitrogen and oxygen atoms in total. The number of hydrogen-bond acceptors (Lipinski definition) is 4. The van der Waals surface area contributed by atoms with Crippen LogP contribution in [-0.4, -0.2) is 23.1 Å². The molecule has 0 unspecified atom stereocenters. The molecule has 134 valence electrons. The van der Waals surface area contributed by atoms with Crippen LogP contribution in [0.5, 0.6) is 0 Å². The Morgan fingerprint density at radius 2 is 1.62 bits per heavy atom. The van der Waals surface area contributed by atoms with Gasteiger partial charge in [0.1, 0.15) is 5.82 Å². The molecule has 0 bridgehead atoms. The highest BCUT2D eigenvalue weighted by atomic mass is 15.3. The van der Waals surface area contributed by atoms with Crippen molar-refractivity contribution in [2.75, 3.05) is 23.3 Å². The Labute approximate surface area is 155 Å². The molecule has 2 heterocycles. The van der Waals surface area contributed by atoms with Crippen molar-refractivity contribution in [3.8, 4) is 0 Å². The Bertz CT molecular complexity index is 865. The average molecular weight is 346 g/mol. The predicted molar refractivity (Wildman–Crippen MR) is 109 cm³/mol. The maximum atomic E-state index is 4.90. The van der Waals surface area contributed by atoms with Crippen molar-refractivity contribution in [3.63, 3.8) is 0 Å². The number of anilines is 2. The molecule has 0 spiro atoms. The molecule has 3 aromatic rings. The van der Waals surface area contributed by atoms with Crippen molar-refractivity contribution in [2.45, 2.75) is 39.2 Å². The van der Waals surface area contributed by atoms with Gasteiger partial charge in [0.15, 0.2) is 0 Å². The lowest BCUT2D eigenvalue weighted by Crippen LogP contribution is -2.26. The molecule has 0 saturated carbocycles. The molecule has 1 aliphatic heterocycles. The van der Waals surface area contributed by atoms with Gasteiger partial charge in [-0.25, -0.2) is 4.98 Å². The molecule has 1 saturated heterocycles. The Hall–Kier alpha value is -2.62. The summed E-state index contributed by atoms with van der Waals surface area (Å²) in [5, 5.41) is 4.62. The van der Waals surface area contributed by atoms with Gasteiger partial charge in [-0.15, -0.1) is 0 Å². The number of fused-ring (bicyclic) bond motifs is 1. The van der Waals surface area contributed by atoms with Gasteiger partial charge >= 0.3 is 0 Å². The smallest absolute Gasteiger partial charge is 0.227 e. The van der Waals surface area contributed by atoms with Crippen LogP contribution < -0.4 is 10.2 Å². The number of para-hydroxylation sites is 1. The summed E-state index contributed by atoms with van der Waals surface area (Å²) < 4.78 is 0. The van der Waals surface area contributed by atoms with E-state index < -0.39 is 0 Å². The molecule has 1 aromatic heterocycles. The van der Waals surface area contributed by atoms with Crippen LogP contribution in [0.2, 0.25) is 0 Å². The van der Waals surface area contributed by atoms with Gasteiger partial charge in [0.05, 0.1) is 5.52 Å². The molecule has 4 rings (SSSR count). The molecule has 1 fully saturated rings. The lowest BCUT2D eigenvalue weighted by atomic mass is 10.1. The van der Waals surface area contributed by atoms with Crippen molar-refractivity contribution in [2.24, 2.45) is 0 Å². The number of benzene rings is 2. The minimum atomic E-state index is 0.765. The summed E-state index contributed by atoms with van der Waals surface area (Å²) in [6.07, 6.45) is 5.07. The summed E-state index contributed by atoms with van der Waals surface area (Å²) in [6.45, 7) is 4.98. The largest absolute Gasteiger partial charge is 0.365 e. The van der Waals surface area contributed by atoms with Crippen molar-refractivity contribution in [3.05, 3.63) is 59.7 Å². The minimum absolute atomic E-state index is 0.765. The quantitative estimate of drug-likeness (QED) is 0.727. The van der Waals surface area contributed by atoms with E-state index in [2.05, 4.69) is 53.5 Å². The van der Waals surface area contributed by atoms with Gasteiger partial charge in [-0.2, -0.15) is 4.98 Å². The zero-order chi connectivity index (χ0) is 17.8. The van der Waals surface area contributed by atoms with Crippen molar-refractivity contribution < 1.29 is 0 Å². The highest BCUT2D eigenvalue weighted by molar-refractivity contribution is 5.90. The van der Waals surface area contributed by atoms with Crippen LogP contribution in [0.4, 0.5) is 11.8 Å². The van der Waals surface area contributed by atoms with Gasteiger partial charge in [-0.1, -0.05) is 54.8 Å². The van der Waals surface area contributed by atoms with E-state index in [1.807, 2.05) is 12.1 Å². The zero-order valence-electron chi connectivity index (χ0n) is 15.4. The first-order chi connectivity index (χ1) is 12.8. The number of rotatable bonds is 4. The molecule has 1 N–H and O–H groups in total. The minimum Gasteiger partial charge on any atom is -0.365 e. The summed E-state index contributed by atoms with van der Waals surface area (Å²) in [5.41, 5.74) is 3.55. The third-order valence-electron chi connectivity index (χ3n) is 5.06. The number of nitrogens with zero attached hydrogens (tertiary/aromatic N) is 3. The van der Waals surface area contributed by atoms with Gasteiger partial charge in [0, 0.05) is 25.0 Å². The second-order valence-electron chi connectivity index (χ2n) is 7.13. The average Bonchev–Trinajstić information content (AvgIpc) is 2.97. The van der Waals surface area contributed by atoms with E-state index in [-0.39, 0.29) is 0 Å². The van der Waals surface area contributed by atoms with Crippen LogP contribution in [0.25, 0.3) is 10.9 Å². The molecule has 1 aliphatic rings. The maximum Gasteiger partial charge on any atom is 0.227 e. The maximum absolute atomic E-state index is 4.90. The third-order valence-corrected chi connectivity index (χ3v) is 5.06. The number of hydrogen-bond donors (Lipinski definition) is 1. The SMILES string of the molecule is Cc1ccc(CNc2nc(N3CCCCCC3)nc3ccccc23)cc1. The summed E-state index contributed by atoms with van der Waals surface area (Å²) in [5.74, 6) is 1.78. The number of nitrogens with one attached hydrogen (secondary N) is 1. The monoisotopic (exact) mass is 346 g/mol. The summed E-state index contributed by atoms with van der Waals surface area (Å²) in [6, 6.07) is 16.9. The van der Waals surface area contributed by atoms with Crippen LogP contribution >= 0.6 is 0 Å². The van der Waals surface area contributed by atoms with Crippen molar-refractivity contribution in [1.82, 2.24) is 9.97 Å². The molecule has 0 aliphatic carbocycles. The van der Waals surface area contributed by atoms with E-state index in [4.69, 9.17) is 9.97 Å². The fourth-order valence-electron chi connectivity index (χ4n) is 3.50. The van der Waals surface area contributed by atoms with E-state index >= 15 is 0 Å². The highest BCUT2D eigenvalue weighted by Crippen LogP contribution is 2.25. The normalized spacial score (nSPS) is 15.0. The summed E-state index contributed by atoms with van der Waals surface area (Å²) in [7, 11) is 0. The van der Waals surface area contributed by atoms with Crippen LogP contribution in [-0.2, 0) is 6.54 Å². The lowest BCUT2D eigenvalue weighted by Gasteiger charge is -2.21. The van der Waals surface area contributed by atoms with Crippen LogP contribution in [0.1, 0.15) is 36.8 Å². The summed E-state index contributed by atoms with van der Waals surface area (Å²) in [4.78, 5) is 12.1. The zero-order valence-corrected chi connectivity index (χ0v) is 15.4. The van der Waals surface area contributed by atoms with Gasteiger partial charge in [0.2, 0.25) is 5.95 Å². The van der Waals surface area contributed by atoms with E-state index in [1.165, 1.54) is 36.8 Å². The fourth-order valence-corrected chi connectivity index (χ4v) is 3.50. The van der Waals surface area contributed by atoms with Gasteiger partial charge in [0.25, 0.3) is 0 Å². The molecule has 0 radical (unpaired) electrons. The van der Waals surface area contributed by atoms with E-state index in [0.717, 1.165) is 42.3 Å². The van der Waals surface area contributed by atoms with Crippen molar-refractivity contribution >= 4 is 22.7 Å². The third kappa shape index (κ3) is 3.79. The Morgan fingerprint density at radius 1 is 0.885 bits per heavy atom. The first-order valence-electron chi connectivity index (χ1n) is 9.61. The molecular weight excluding hydrogens is 320 g/mol. The van der Waals surface area contributed by atoms with Gasteiger partial charge in [-0.05, 0) is 37.5 Å². The second kappa shape index (κ2) is 7.73. The number of aromatic nitrogens is 2. The van der Waals surface area contributed by atoms with E-state index in [1.54, 1.807) is 0 Å². The van der Waals surface area contributed by atoms with Gasteiger partial charge in [-0.3, -0.25) is 0 Å². The number of aryl methyl sites for hydroxylation is 1. The Morgan fingerprint density at radius 3 is 2.38 bits per heavy atom. The van der Waals surface area contributed by atoms with E-state index in [0.29, 0.717) is 0 Å². The first kappa shape index (κ1) is 16.8. The lowest BCUT2D eigenvalue weighted by molar-refractivity contribution is 0.726. The molecular formula is C22H26N4. The summed E-state index contributed by atoms with van der Waals surface area (Å²) >= 11 is 0. The highest BCUT2D eigenvalue weighted by Gasteiger charge is 2.15. The molecule has 0 amide bonds. The van der Waals surface area contributed by atoms with Crippen LogP contribution in [0.15, 0.2) is 48.5 Å². The molecule has 2 aromatic carbocycles. The van der Waals surface area contributed by atoms with E-state index in [9.17, 15) is 0 Å². The Balaban J connectivity index is 1.64. The second-order valence-corrected chi connectivity index (χ2v) is 7.13. The first-order valence-corrected chi connectivity index (χ1v) is 9.61. The molecule has 0 atom stereocenters. The Kier molecular flexibility index (Phi) is 5.00. The molecule has 4 heteroatoms. The van der Waals surface area contributed by atoms with Crippen LogP contribution in [0.3, 0.4) is 0 Å². The van der Waals surface area contributed by atoms with Crippen molar-refractivity contribution in [1.29, 1.82) is 0 Å². The predicted octanol–water partition coefficient (Wildman–Crippen LogP) is 4.93. The topological polar surface area (TPSA) is 41.1 Å². The van der Waals surface area contributed by atoms with Gasteiger partial charge < -0.3 is 10.2 Å². The fraction of sp³-hybridized carbons (Fsp3) is 0.364. The standard InChI is InChI=1S/C22H26N4/c1-17-10-12-18(13-11-17)16-23-21-19-8-4-5-9-20(19)24-22(25-21)26-14-6-2-3-7-15-26/h4-5,8-13H,2-3,6-7,14-16H2,1H3,(H,23,24,25).